The maximum atomic E-state index is 12.0. The average Bonchev–Trinajstić information content (AvgIpc) is 3.12. The molecule has 0 aromatic carbocycles. The van der Waals surface area contributed by atoms with Crippen LogP contribution in [-0.4, -0.2) is 31.8 Å². The molecule has 2 aromatic heterocycles. The second-order valence-corrected chi connectivity index (χ2v) is 5.19. The number of hydrogen-bond acceptors (Lipinski definition) is 3. The molecule has 1 aliphatic heterocycles. The van der Waals surface area contributed by atoms with Crippen LogP contribution in [-0.2, 0) is 19.5 Å². The first-order valence-electron chi connectivity index (χ1n) is 7.07. The van der Waals surface area contributed by atoms with Gasteiger partial charge in [-0.1, -0.05) is 0 Å². The van der Waals surface area contributed by atoms with Gasteiger partial charge in [-0.25, -0.2) is 4.98 Å². The van der Waals surface area contributed by atoms with E-state index in [-0.39, 0.29) is 5.91 Å². The van der Waals surface area contributed by atoms with E-state index in [1.165, 1.54) is 0 Å². The lowest BCUT2D eigenvalue weighted by atomic mass is 9.98. The molecule has 1 amide bonds. The molecule has 3 rings (SSSR count). The molecule has 0 spiro atoms. The van der Waals surface area contributed by atoms with Crippen molar-refractivity contribution in [3.63, 3.8) is 0 Å². The SMILES string of the molecule is CCn1cc(C(=O)NC[C@@H]2CCn3ccnc3C2)cn1. The molecule has 0 saturated carbocycles. The fourth-order valence-electron chi connectivity index (χ4n) is 2.58. The molecule has 1 atom stereocenters. The van der Waals surface area contributed by atoms with Crippen LogP contribution >= 0.6 is 0 Å². The number of aromatic nitrogens is 4. The van der Waals surface area contributed by atoms with Crippen LogP contribution in [0.4, 0.5) is 0 Å². The fourth-order valence-corrected chi connectivity index (χ4v) is 2.58. The number of carbonyl (C=O) groups excluding carboxylic acids is 1. The predicted octanol–water partition coefficient (Wildman–Crippen LogP) is 1.09. The zero-order valence-corrected chi connectivity index (χ0v) is 11.6. The van der Waals surface area contributed by atoms with Crippen molar-refractivity contribution in [1.82, 2.24) is 24.6 Å². The van der Waals surface area contributed by atoms with Gasteiger partial charge in [0.1, 0.15) is 5.82 Å². The summed E-state index contributed by atoms with van der Waals surface area (Å²) in [6.45, 7) is 4.46. The first-order valence-corrected chi connectivity index (χ1v) is 7.07. The van der Waals surface area contributed by atoms with Crippen molar-refractivity contribution < 1.29 is 4.79 Å². The molecule has 3 heterocycles. The minimum absolute atomic E-state index is 0.0429. The van der Waals surface area contributed by atoms with Crippen LogP contribution in [0.2, 0.25) is 0 Å². The van der Waals surface area contributed by atoms with Crippen molar-refractivity contribution in [2.45, 2.75) is 32.9 Å². The number of nitrogens with zero attached hydrogens (tertiary/aromatic N) is 4. The van der Waals surface area contributed by atoms with Crippen LogP contribution < -0.4 is 5.32 Å². The predicted molar refractivity (Wildman–Crippen MR) is 74.3 cm³/mol. The molecule has 0 unspecified atom stereocenters. The van der Waals surface area contributed by atoms with E-state index in [0.717, 1.165) is 31.8 Å². The minimum Gasteiger partial charge on any atom is -0.352 e. The fraction of sp³-hybridized carbons (Fsp3) is 0.500. The highest BCUT2D eigenvalue weighted by Gasteiger charge is 2.20. The Morgan fingerprint density at radius 1 is 1.55 bits per heavy atom. The van der Waals surface area contributed by atoms with E-state index < -0.39 is 0 Å². The normalized spacial score (nSPS) is 17.8. The molecule has 0 fully saturated rings. The van der Waals surface area contributed by atoms with Gasteiger partial charge in [-0.05, 0) is 19.3 Å². The first kappa shape index (κ1) is 12.9. The smallest absolute Gasteiger partial charge is 0.254 e. The van der Waals surface area contributed by atoms with E-state index >= 15 is 0 Å². The van der Waals surface area contributed by atoms with Crippen LogP contribution in [0.15, 0.2) is 24.8 Å². The van der Waals surface area contributed by atoms with Gasteiger partial charge in [0.15, 0.2) is 0 Å². The topological polar surface area (TPSA) is 64.7 Å². The number of nitrogens with one attached hydrogen (secondary N) is 1. The molecule has 6 heteroatoms. The number of fused-ring (bicyclic) bond motifs is 1. The molecule has 6 nitrogen and oxygen atoms in total. The van der Waals surface area contributed by atoms with Gasteiger partial charge in [-0.3, -0.25) is 9.48 Å². The number of rotatable bonds is 4. The lowest BCUT2D eigenvalue weighted by molar-refractivity contribution is 0.0944. The van der Waals surface area contributed by atoms with Gasteiger partial charge in [0, 0.05) is 44.6 Å². The Kier molecular flexibility index (Phi) is 3.54. The average molecular weight is 273 g/mol. The number of imidazole rings is 1. The third-order valence-electron chi connectivity index (χ3n) is 3.82. The number of carbonyl (C=O) groups is 1. The molecule has 1 N–H and O–H groups in total. The Morgan fingerprint density at radius 2 is 2.45 bits per heavy atom. The largest absolute Gasteiger partial charge is 0.352 e. The summed E-state index contributed by atoms with van der Waals surface area (Å²) < 4.78 is 3.94. The Labute approximate surface area is 117 Å². The maximum absolute atomic E-state index is 12.0. The Morgan fingerprint density at radius 3 is 3.25 bits per heavy atom. The highest BCUT2D eigenvalue weighted by Crippen LogP contribution is 2.18. The Bertz CT molecular complexity index is 600. The Hall–Kier alpha value is -2.11. The van der Waals surface area contributed by atoms with Crippen molar-refractivity contribution in [1.29, 1.82) is 0 Å². The number of amides is 1. The van der Waals surface area contributed by atoms with Crippen molar-refractivity contribution in [3.8, 4) is 0 Å². The number of aryl methyl sites for hydroxylation is 2. The van der Waals surface area contributed by atoms with Crippen molar-refractivity contribution in [3.05, 3.63) is 36.2 Å². The highest BCUT2D eigenvalue weighted by atomic mass is 16.1. The van der Waals surface area contributed by atoms with Gasteiger partial charge in [-0.2, -0.15) is 5.10 Å². The second-order valence-electron chi connectivity index (χ2n) is 5.19. The van der Waals surface area contributed by atoms with E-state index in [4.69, 9.17) is 0 Å². The van der Waals surface area contributed by atoms with E-state index in [0.29, 0.717) is 18.0 Å². The molecule has 20 heavy (non-hydrogen) atoms. The van der Waals surface area contributed by atoms with Crippen LogP contribution in [0.3, 0.4) is 0 Å². The monoisotopic (exact) mass is 273 g/mol. The quantitative estimate of drug-likeness (QED) is 0.907. The molecule has 1 aliphatic rings. The maximum Gasteiger partial charge on any atom is 0.254 e. The van der Waals surface area contributed by atoms with Gasteiger partial charge in [0.05, 0.1) is 11.8 Å². The van der Waals surface area contributed by atoms with Gasteiger partial charge in [-0.15, -0.1) is 0 Å². The lowest BCUT2D eigenvalue weighted by Gasteiger charge is -2.23. The minimum atomic E-state index is -0.0429. The van der Waals surface area contributed by atoms with E-state index in [1.54, 1.807) is 17.1 Å². The third-order valence-corrected chi connectivity index (χ3v) is 3.82. The van der Waals surface area contributed by atoms with Gasteiger partial charge < -0.3 is 9.88 Å². The highest BCUT2D eigenvalue weighted by molar-refractivity contribution is 5.93. The van der Waals surface area contributed by atoms with Crippen LogP contribution in [0.25, 0.3) is 0 Å². The van der Waals surface area contributed by atoms with Crippen molar-refractivity contribution >= 4 is 5.91 Å². The van der Waals surface area contributed by atoms with Crippen LogP contribution in [0, 0.1) is 5.92 Å². The van der Waals surface area contributed by atoms with E-state index in [2.05, 4.69) is 20.0 Å². The molecule has 106 valence electrons. The molecule has 0 saturated heterocycles. The van der Waals surface area contributed by atoms with Gasteiger partial charge in [0.25, 0.3) is 5.91 Å². The van der Waals surface area contributed by atoms with Gasteiger partial charge in [0.2, 0.25) is 0 Å². The van der Waals surface area contributed by atoms with E-state index in [1.807, 2.05) is 19.3 Å². The summed E-state index contributed by atoms with van der Waals surface area (Å²) in [7, 11) is 0. The summed E-state index contributed by atoms with van der Waals surface area (Å²) in [5.74, 6) is 1.54. The second kappa shape index (κ2) is 5.48. The molecule has 0 aliphatic carbocycles. The molecule has 0 bridgehead atoms. The number of hydrogen-bond donors (Lipinski definition) is 1. The summed E-state index contributed by atoms with van der Waals surface area (Å²) in [5, 5.41) is 7.12. The zero-order valence-electron chi connectivity index (χ0n) is 11.6. The summed E-state index contributed by atoms with van der Waals surface area (Å²) in [5.41, 5.74) is 0.629. The standard InChI is InChI=1S/C14H19N5O/c1-2-19-10-12(9-17-19)14(20)16-8-11-3-5-18-6-4-15-13(18)7-11/h4,6,9-11H,2-3,5,7-8H2,1H3,(H,16,20)/t11-/m1/s1. The Balaban J connectivity index is 1.54. The molecule has 0 radical (unpaired) electrons. The first-order chi connectivity index (χ1) is 9.76. The van der Waals surface area contributed by atoms with Crippen LogP contribution in [0.1, 0.15) is 29.5 Å². The summed E-state index contributed by atoms with van der Waals surface area (Å²) in [4.78, 5) is 16.4. The zero-order chi connectivity index (χ0) is 13.9. The summed E-state index contributed by atoms with van der Waals surface area (Å²) in [6, 6.07) is 0. The van der Waals surface area contributed by atoms with Crippen molar-refractivity contribution in [2.24, 2.45) is 5.92 Å². The van der Waals surface area contributed by atoms with Gasteiger partial charge >= 0.3 is 0 Å². The molecular formula is C14H19N5O. The molecule has 2 aromatic rings. The summed E-state index contributed by atoms with van der Waals surface area (Å²) >= 11 is 0. The third kappa shape index (κ3) is 2.59. The lowest BCUT2D eigenvalue weighted by Crippen LogP contribution is -2.33. The molecular weight excluding hydrogens is 254 g/mol. The van der Waals surface area contributed by atoms with E-state index in [9.17, 15) is 4.79 Å². The summed E-state index contributed by atoms with van der Waals surface area (Å²) in [6.07, 6.45) is 9.27. The van der Waals surface area contributed by atoms with Crippen molar-refractivity contribution in [2.75, 3.05) is 6.54 Å². The van der Waals surface area contributed by atoms with Crippen LogP contribution in [0.5, 0.6) is 0 Å².